The van der Waals surface area contributed by atoms with Gasteiger partial charge in [0.05, 0.1) is 9.79 Å². The Labute approximate surface area is 142 Å². The Bertz CT molecular complexity index is 796. The standard InChI is InChI=1S/C14H22N4O4S2/c15-23(19,20)13-2-1-3-14(10-13)24(21,22)18-8-6-17(7-9-18)12-4-5-16-11-12/h1-3,10,12,16H,4-9,11H2,(H2,15,19,20). The second-order valence-corrected chi connectivity index (χ2v) is 9.61. The molecule has 3 rings (SSSR count). The lowest BCUT2D eigenvalue weighted by molar-refractivity contribution is 0.145. The minimum absolute atomic E-state index is 0.0370. The van der Waals surface area contributed by atoms with Crippen LogP contribution in [0.4, 0.5) is 0 Å². The molecule has 1 unspecified atom stereocenters. The quantitative estimate of drug-likeness (QED) is 0.699. The molecule has 0 radical (unpaired) electrons. The third-order valence-electron chi connectivity index (χ3n) is 4.60. The summed E-state index contributed by atoms with van der Waals surface area (Å²) in [5, 5.41) is 8.40. The maximum atomic E-state index is 12.8. The van der Waals surface area contributed by atoms with E-state index in [-0.39, 0.29) is 9.79 Å². The molecule has 0 bridgehead atoms. The van der Waals surface area contributed by atoms with Crippen molar-refractivity contribution in [1.82, 2.24) is 14.5 Å². The molecule has 2 aliphatic heterocycles. The van der Waals surface area contributed by atoms with Crippen LogP contribution in [-0.4, -0.2) is 71.4 Å². The zero-order valence-electron chi connectivity index (χ0n) is 13.3. The summed E-state index contributed by atoms with van der Waals surface area (Å²) in [7, 11) is -7.66. The van der Waals surface area contributed by atoms with Crippen LogP contribution in [0.25, 0.3) is 0 Å². The van der Waals surface area contributed by atoms with Crippen LogP contribution in [0.1, 0.15) is 6.42 Å². The second-order valence-electron chi connectivity index (χ2n) is 6.11. The van der Waals surface area contributed by atoms with Gasteiger partial charge in [0.2, 0.25) is 20.0 Å². The maximum Gasteiger partial charge on any atom is 0.243 e. The minimum Gasteiger partial charge on any atom is -0.315 e. The van der Waals surface area contributed by atoms with Crippen LogP contribution in [-0.2, 0) is 20.0 Å². The predicted octanol–water partition coefficient (Wildman–Crippen LogP) is -0.998. The number of nitrogens with zero attached hydrogens (tertiary/aromatic N) is 2. The van der Waals surface area contributed by atoms with Crippen molar-refractivity contribution in [2.24, 2.45) is 5.14 Å². The lowest BCUT2D eigenvalue weighted by atomic mass is 10.2. The molecule has 24 heavy (non-hydrogen) atoms. The number of hydrogen-bond acceptors (Lipinski definition) is 6. The molecule has 0 aliphatic carbocycles. The molecule has 3 N–H and O–H groups in total. The highest BCUT2D eigenvalue weighted by atomic mass is 32.2. The van der Waals surface area contributed by atoms with E-state index in [1.807, 2.05) is 0 Å². The molecule has 1 aromatic carbocycles. The average Bonchev–Trinajstić information content (AvgIpc) is 3.09. The van der Waals surface area contributed by atoms with Crippen molar-refractivity contribution in [3.8, 4) is 0 Å². The highest BCUT2D eigenvalue weighted by Crippen LogP contribution is 2.21. The Balaban J connectivity index is 1.75. The zero-order chi connectivity index (χ0) is 17.4. The topological polar surface area (TPSA) is 113 Å². The molecule has 0 aromatic heterocycles. The zero-order valence-corrected chi connectivity index (χ0v) is 14.9. The number of benzene rings is 1. The average molecular weight is 374 g/mol. The first kappa shape index (κ1) is 17.8. The van der Waals surface area contributed by atoms with Crippen molar-refractivity contribution in [3.63, 3.8) is 0 Å². The van der Waals surface area contributed by atoms with E-state index < -0.39 is 20.0 Å². The summed E-state index contributed by atoms with van der Waals surface area (Å²) < 4.78 is 49.8. The van der Waals surface area contributed by atoms with E-state index >= 15 is 0 Å². The van der Waals surface area contributed by atoms with Gasteiger partial charge in [0.1, 0.15) is 0 Å². The normalized spacial score (nSPS) is 24.3. The first-order valence-corrected chi connectivity index (χ1v) is 10.8. The van der Waals surface area contributed by atoms with Gasteiger partial charge >= 0.3 is 0 Å². The summed E-state index contributed by atoms with van der Waals surface area (Å²) in [6.07, 6.45) is 1.09. The molecule has 0 amide bonds. The summed E-state index contributed by atoms with van der Waals surface area (Å²) in [5.74, 6) is 0. The van der Waals surface area contributed by atoms with Crippen molar-refractivity contribution in [3.05, 3.63) is 24.3 Å². The van der Waals surface area contributed by atoms with Crippen LogP contribution >= 0.6 is 0 Å². The van der Waals surface area contributed by atoms with Crippen molar-refractivity contribution in [2.75, 3.05) is 39.3 Å². The maximum absolute atomic E-state index is 12.8. The molecule has 1 atom stereocenters. The van der Waals surface area contributed by atoms with Gasteiger partial charge in [0.25, 0.3) is 0 Å². The van der Waals surface area contributed by atoms with Crippen molar-refractivity contribution < 1.29 is 16.8 Å². The lowest BCUT2D eigenvalue weighted by Crippen LogP contribution is -2.52. The molecule has 0 spiro atoms. The van der Waals surface area contributed by atoms with Crippen molar-refractivity contribution in [1.29, 1.82) is 0 Å². The van der Waals surface area contributed by atoms with E-state index in [1.54, 1.807) is 0 Å². The Hall–Kier alpha value is -1.04. The molecule has 1 aromatic rings. The summed E-state index contributed by atoms with van der Waals surface area (Å²) in [4.78, 5) is 2.08. The second kappa shape index (κ2) is 6.70. The highest BCUT2D eigenvalue weighted by molar-refractivity contribution is 7.90. The molecular formula is C14H22N4O4S2. The van der Waals surface area contributed by atoms with Crippen molar-refractivity contribution >= 4 is 20.0 Å². The summed E-state index contributed by atoms with van der Waals surface area (Å²) in [6, 6.07) is 5.68. The number of sulfonamides is 2. The fourth-order valence-corrected chi connectivity index (χ4v) is 5.32. The number of piperazine rings is 1. The number of hydrogen-bond donors (Lipinski definition) is 2. The summed E-state index contributed by atoms with van der Waals surface area (Å²) in [5.41, 5.74) is 0. The molecule has 134 valence electrons. The fraction of sp³-hybridized carbons (Fsp3) is 0.571. The van der Waals surface area contributed by atoms with Gasteiger partial charge in [-0.1, -0.05) is 6.07 Å². The number of nitrogens with two attached hydrogens (primary N) is 1. The van der Waals surface area contributed by atoms with Gasteiger partial charge in [-0.25, -0.2) is 22.0 Å². The third-order valence-corrected chi connectivity index (χ3v) is 7.40. The molecular weight excluding hydrogens is 352 g/mol. The van der Waals surface area contributed by atoms with E-state index in [0.29, 0.717) is 32.2 Å². The predicted molar refractivity (Wildman–Crippen MR) is 89.4 cm³/mol. The van der Waals surface area contributed by atoms with Gasteiger partial charge in [-0.3, -0.25) is 4.90 Å². The van der Waals surface area contributed by atoms with Gasteiger partial charge in [-0.2, -0.15) is 4.31 Å². The van der Waals surface area contributed by atoms with Gasteiger partial charge in [0, 0.05) is 38.8 Å². The van der Waals surface area contributed by atoms with Crippen LogP contribution in [0.2, 0.25) is 0 Å². The van der Waals surface area contributed by atoms with Crippen LogP contribution < -0.4 is 10.5 Å². The van der Waals surface area contributed by atoms with E-state index in [2.05, 4.69) is 10.2 Å². The number of primary sulfonamides is 1. The van der Waals surface area contributed by atoms with Gasteiger partial charge in [-0.05, 0) is 31.2 Å². The fourth-order valence-electron chi connectivity index (χ4n) is 3.22. The molecule has 0 saturated carbocycles. The summed E-state index contributed by atoms with van der Waals surface area (Å²) in [6.45, 7) is 4.12. The van der Waals surface area contributed by atoms with E-state index in [0.717, 1.165) is 25.6 Å². The Morgan fingerprint density at radius 1 is 1.04 bits per heavy atom. The molecule has 10 heteroatoms. The van der Waals surface area contributed by atoms with Gasteiger partial charge < -0.3 is 5.32 Å². The smallest absolute Gasteiger partial charge is 0.243 e. The van der Waals surface area contributed by atoms with Crippen LogP contribution in [0, 0.1) is 0 Å². The summed E-state index contributed by atoms with van der Waals surface area (Å²) >= 11 is 0. The highest BCUT2D eigenvalue weighted by Gasteiger charge is 2.32. The van der Waals surface area contributed by atoms with E-state index in [4.69, 9.17) is 5.14 Å². The largest absolute Gasteiger partial charge is 0.315 e. The SMILES string of the molecule is NS(=O)(=O)c1cccc(S(=O)(=O)N2CCN(C3CCNC3)CC2)c1. The first-order chi connectivity index (χ1) is 11.3. The third kappa shape index (κ3) is 3.63. The van der Waals surface area contributed by atoms with E-state index in [1.165, 1.54) is 22.5 Å². The van der Waals surface area contributed by atoms with E-state index in [9.17, 15) is 16.8 Å². The number of nitrogens with one attached hydrogen (secondary N) is 1. The molecule has 2 aliphatic rings. The van der Waals surface area contributed by atoms with Crippen LogP contribution in [0.5, 0.6) is 0 Å². The van der Waals surface area contributed by atoms with Crippen LogP contribution in [0.3, 0.4) is 0 Å². The lowest BCUT2D eigenvalue weighted by Gasteiger charge is -2.37. The Kier molecular flexibility index (Phi) is 4.96. The minimum atomic E-state index is -3.93. The molecule has 8 nitrogen and oxygen atoms in total. The first-order valence-electron chi connectivity index (χ1n) is 7.86. The molecule has 2 heterocycles. The number of rotatable bonds is 4. The monoisotopic (exact) mass is 374 g/mol. The van der Waals surface area contributed by atoms with Gasteiger partial charge in [0.15, 0.2) is 0 Å². The Morgan fingerprint density at radius 3 is 2.29 bits per heavy atom. The molecule has 2 saturated heterocycles. The van der Waals surface area contributed by atoms with Gasteiger partial charge in [-0.15, -0.1) is 0 Å². The van der Waals surface area contributed by atoms with Crippen molar-refractivity contribution in [2.45, 2.75) is 22.3 Å². The Morgan fingerprint density at radius 2 is 1.71 bits per heavy atom. The molecule has 2 fully saturated rings. The van der Waals surface area contributed by atoms with Crippen LogP contribution in [0.15, 0.2) is 34.1 Å².